The van der Waals surface area contributed by atoms with E-state index < -0.39 is 0 Å². The SMILES string of the molecule is CCCCCN(CCCCC)C(=N)N. The molecule has 0 atom stereocenters. The third-order valence-corrected chi connectivity index (χ3v) is 2.40. The maximum absolute atomic E-state index is 7.43. The Kier molecular flexibility index (Phi) is 8.39. The van der Waals surface area contributed by atoms with Crippen molar-refractivity contribution in [1.82, 2.24) is 4.90 Å². The molecule has 0 heterocycles. The lowest BCUT2D eigenvalue weighted by Gasteiger charge is -2.22. The maximum atomic E-state index is 7.43. The quantitative estimate of drug-likeness (QED) is 0.358. The zero-order valence-corrected chi connectivity index (χ0v) is 9.68. The minimum absolute atomic E-state index is 0.234. The van der Waals surface area contributed by atoms with Crippen LogP contribution < -0.4 is 5.73 Å². The molecule has 0 saturated heterocycles. The Morgan fingerprint density at radius 2 is 1.43 bits per heavy atom. The van der Waals surface area contributed by atoms with Gasteiger partial charge in [-0.1, -0.05) is 39.5 Å². The van der Waals surface area contributed by atoms with Gasteiger partial charge in [-0.15, -0.1) is 0 Å². The first kappa shape index (κ1) is 13.3. The van der Waals surface area contributed by atoms with Gasteiger partial charge in [-0.05, 0) is 12.8 Å². The minimum Gasteiger partial charge on any atom is -0.370 e. The van der Waals surface area contributed by atoms with Crippen LogP contribution in [0.1, 0.15) is 52.4 Å². The van der Waals surface area contributed by atoms with Gasteiger partial charge < -0.3 is 10.6 Å². The Morgan fingerprint density at radius 3 is 1.71 bits per heavy atom. The first-order valence-corrected chi connectivity index (χ1v) is 5.81. The van der Waals surface area contributed by atoms with Crippen molar-refractivity contribution in [3.8, 4) is 0 Å². The molecular formula is C11H25N3. The molecule has 14 heavy (non-hydrogen) atoms. The van der Waals surface area contributed by atoms with Gasteiger partial charge in [0.2, 0.25) is 0 Å². The zero-order chi connectivity index (χ0) is 10.8. The Morgan fingerprint density at radius 1 is 1.00 bits per heavy atom. The van der Waals surface area contributed by atoms with E-state index in [0.717, 1.165) is 25.9 Å². The Bertz CT molecular complexity index is 135. The van der Waals surface area contributed by atoms with E-state index in [1.54, 1.807) is 0 Å². The van der Waals surface area contributed by atoms with Crippen molar-refractivity contribution in [2.75, 3.05) is 13.1 Å². The standard InChI is InChI=1S/C11H25N3/c1-3-5-7-9-14(11(12)13)10-8-6-4-2/h3-10H2,1-2H3,(H3,12,13). The number of unbranched alkanes of at least 4 members (excludes halogenated alkanes) is 4. The van der Waals surface area contributed by atoms with Gasteiger partial charge >= 0.3 is 0 Å². The van der Waals surface area contributed by atoms with Crippen molar-refractivity contribution in [2.45, 2.75) is 52.4 Å². The zero-order valence-electron chi connectivity index (χ0n) is 9.68. The fourth-order valence-corrected chi connectivity index (χ4v) is 1.46. The monoisotopic (exact) mass is 199 g/mol. The number of guanidine groups is 1. The molecule has 3 heteroatoms. The molecule has 0 rings (SSSR count). The molecule has 0 saturated carbocycles. The molecule has 0 bridgehead atoms. The molecule has 0 aromatic carbocycles. The number of rotatable bonds is 8. The van der Waals surface area contributed by atoms with E-state index in [0.29, 0.717) is 0 Å². The van der Waals surface area contributed by atoms with Gasteiger partial charge in [-0.2, -0.15) is 0 Å². The highest BCUT2D eigenvalue weighted by molar-refractivity contribution is 5.74. The molecule has 0 aliphatic rings. The first-order valence-electron chi connectivity index (χ1n) is 5.81. The minimum atomic E-state index is 0.234. The van der Waals surface area contributed by atoms with E-state index in [2.05, 4.69) is 13.8 Å². The summed E-state index contributed by atoms with van der Waals surface area (Å²) in [5.41, 5.74) is 5.51. The van der Waals surface area contributed by atoms with Crippen molar-refractivity contribution >= 4 is 5.96 Å². The fourth-order valence-electron chi connectivity index (χ4n) is 1.46. The lowest BCUT2D eigenvalue weighted by molar-refractivity contribution is 0.384. The summed E-state index contributed by atoms with van der Waals surface area (Å²) in [7, 11) is 0. The molecule has 0 unspecified atom stereocenters. The molecule has 3 nitrogen and oxygen atoms in total. The highest BCUT2D eigenvalue weighted by atomic mass is 15.2. The van der Waals surface area contributed by atoms with Crippen molar-refractivity contribution in [1.29, 1.82) is 5.41 Å². The smallest absolute Gasteiger partial charge is 0.188 e. The van der Waals surface area contributed by atoms with E-state index in [9.17, 15) is 0 Å². The molecule has 84 valence electrons. The molecule has 0 aromatic rings. The molecule has 0 spiro atoms. The molecule has 0 aliphatic carbocycles. The van der Waals surface area contributed by atoms with Crippen LogP contribution in [0.25, 0.3) is 0 Å². The molecule has 0 amide bonds. The molecule has 0 aliphatic heterocycles. The second-order valence-corrected chi connectivity index (χ2v) is 3.79. The van der Waals surface area contributed by atoms with Crippen molar-refractivity contribution < 1.29 is 0 Å². The van der Waals surface area contributed by atoms with Crippen LogP contribution >= 0.6 is 0 Å². The van der Waals surface area contributed by atoms with E-state index in [-0.39, 0.29) is 5.96 Å². The van der Waals surface area contributed by atoms with Gasteiger partial charge in [0.05, 0.1) is 0 Å². The number of nitrogens with zero attached hydrogens (tertiary/aromatic N) is 1. The molecular weight excluding hydrogens is 174 g/mol. The third-order valence-electron chi connectivity index (χ3n) is 2.40. The van der Waals surface area contributed by atoms with E-state index >= 15 is 0 Å². The highest BCUT2D eigenvalue weighted by Crippen LogP contribution is 2.01. The van der Waals surface area contributed by atoms with Crippen LogP contribution in [0.5, 0.6) is 0 Å². The number of nitrogens with one attached hydrogen (secondary N) is 1. The van der Waals surface area contributed by atoms with Gasteiger partial charge in [0, 0.05) is 13.1 Å². The predicted molar refractivity (Wildman–Crippen MR) is 62.5 cm³/mol. The Hall–Kier alpha value is -0.730. The molecule has 3 N–H and O–H groups in total. The van der Waals surface area contributed by atoms with Crippen molar-refractivity contribution in [3.63, 3.8) is 0 Å². The summed E-state index contributed by atoms with van der Waals surface area (Å²) in [6.07, 6.45) is 7.22. The summed E-state index contributed by atoms with van der Waals surface area (Å²) in [5.74, 6) is 0.234. The van der Waals surface area contributed by atoms with Crippen LogP contribution in [0.15, 0.2) is 0 Å². The molecule has 0 aromatic heterocycles. The number of hydrogen-bond donors (Lipinski definition) is 2. The summed E-state index contributed by atoms with van der Waals surface area (Å²) in [6, 6.07) is 0. The first-order chi connectivity index (χ1) is 6.72. The fraction of sp³-hybridized carbons (Fsp3) is 0.909. The van der Waals surface area contributed by atoms with Crippen LogP contribution in [0.3, 0.4) is 0 Å². The van der Waals surface area contributed by atoms with Gasteiger partial charge in [-0.25, -0.2) is 0 Å². The van der Waals surface area contributed by atoms with Crippen molar-refractivity contribution in [2.24, 2.45) is 5.73 Å². The largest absolute Gasteiger partial charge is 0.370 e. The second-order valence-electron chi connectivity index (χ2n) is 3.79. The van der Waals surface area contributed by atoms with Gasteiger partial charge in [0.25, 0.3) is 0 Å². The van der Waals surface area contributed by atoms with Gasteiger partial charge in [0.1, 0.15) is 0 Å². The Labute approximate surface area is 88.2 Å². The lowest BCUT2D eigenvalue weighted by Crippen LogP contribution is -2.37. The maximum Gasteiger partial charge on any atom is 0.188 e. The molecule has 0 radical (unpaired) electrons. The van der Waals surface area contributed by atoms with E-state index in [1.165, 1.54) is 25.7 Å². The number of nitrogens with two attached hydrogens (primary N) is 1. The number of hydrogen-bond acceptors (Lipinski definition) is 1. The lowest BCUT2D eigenvalue weighted by atomic mass is 10.2. The van der Waals surface area contributed by atoms with Crippen molar-refractivity contribution in [3.05, 3.63) is 0 Å². The van der Waals surface area contributed by atoms with Crippen LogP contribution in [0.2, 0.25) is 0 Å². The van der Waals surface area contributed by atoms with Crippen LogP contribution in [-0.2, 0) is 0 Å². The predicted octanol–water partition coefficient (Wildman–Crippen LogP) is 2.56. The summed E-state index contributed by atoms with van der Waals surface area (Å²) in [5, 5.41) is 7.43. The second kappa shape index (κ2) is 8.85. The highest BCUT2D eigenvalue weighted by Gasteiger charge is 2.04. The summed E-state index contributed by atoms with van der Waals surface area (Å²) < 4.78 is 0. The van der Waals surface area contributed by atoms with Gasteiger partial charge in [-0.3, -0.25) is 5.41 Å². The van der Waals surface area contributed by atoms with E-state index in [1.807, 2.05) is 4.90 Å². The normalized spacial score (nSPS) is 10.1. The van der Waals surface area contributed by atoms with E-state index in [4.69, 9.17) is 11.1 Å². The summed E-state index contributed by atoms with van der Waals surface area (Å²) in [4.78, 5) is 1.99. The third kappa shape index (κ3) is 6.75. The topological polar surface area (TPSA) is 53.1 Å². The van der Waals surface area contributed by atoms with Crippen LogP contribution in [-0.4, -0.2) is 23.9 Å². The summed E-state index contributed by atoms with van der Waals surface area (Å²) >= 11 is 0. The average Bonchev–Trinajstić information content (AvgIpc) is 2.15. The molecule has 0 fully saturated rings. The van der Waals surface area contributed by atoms with Gasteiger partial charge in [0.15, 0.2) is 5.96 Å². The van der Waals surface area contributed by atoms with Crippen LogP contribution in [0.4, 0.5) is 0 Å². The Balaban J connectivity index is 3.61. The summed E-state index contributed by atoms with van der Waals surface area (Å²) in [6.45, 7) is 6.28. The van der Waals surface area contributed by atoms with Crippen LogP contribution in [0, 0.1) is 5.41 Å². The average molecular weight is 199 g/mol.